The fraction of sp³-hybridized carbons (Fsp3) is 0.385. The molecule has 1 unspecified atom stereocenters. The summed E-state index contributed by atoms with van der Waals surface area (Å²) in [7, 11) is 0. The van der Waals surface area contributed by atoms with Crippen LogP contribution in [0.15, 0.2) is 35.4 Å². The number of rotatable bonds is 4. The third kappa shape index (κ3) is 2.36. The van der Waals surface area contributed by atoms with Gasteiger partial charge in [0, 0.05) is 11.7 Å². The second-order valence-electron chi connectivity index (χ2n) is 4.46. The minimum Gasteiger partial charge on any atom is -0.271 e. The van der Waals surface area contributed by atoms with Crippen LogP contribution in [0.4, 0.5) is 0 Å². The maximum Gasteiger partial charge on any atom is 0.259 e. The van der Waals surface area contributed by atoms with E-state index >= 15 is 0 Å². The van der Waals surface area contributed by atoms with E-state index in [1.807, 2.05) is 18.2 Å². The summed E-state index contributed by atoms with van der Waals surface area (Å²) in [6, 6.07) is 10.2. The summed E-state index contributed by atoms with van der Waals surface area (Å²) in [5.41, 5.74) is 4.93. The lowest BCUT2D eigenvalue weighted by atomic mass is 10.2. The summed E-state index contributed by atoms with van der Waals surface area (Å²) in [6.07, 6.45) is 2.38. The van der Waals surface area contributed by atoms with Gasteiger partial charge in [0.2, 0.25) is 0 Å². The molecule has 0 radical (unpaired) electrons. The van der Waals surface area contributed by atoms with Crippen LogP contribution in [0.2, 0.25) is 0 Å². The normalized spacial score (nSPS) is 23.4. The Labute approximate surface area is 105 Å². The van der Waals surface area contributed by atoms with E-state index < -0.39 is 0 Å². The minimum atomic E-state index is -0.0669. The van der Waals surface area contributed by atoms with E-state index in [9.17, 15) is 4.79 Å². The molecule has 1 aliphatic carbocycles. The summed E-state index contributed by atoms with van der Waals surface area (Å²) in [5.74, 6) is 1.47. The van der Waals surface area contributed by atoms with E-state index in [0.717, 1.165) is 11.5 Å². The highest BCUT2D eigenvalue weighted by Gasteiger charge is 2.39. The standard InChI is InChI=1S/C13H14N2OS/c16-13-12(11(14-15-13)10-6-7-10)17-8-9-4-2-1-3-5-9/h1-5,10,12H,6-8H2,(H,15,16). The van der Waals surface area contributed by atoms with Gasteiger partial charge in [-0.25, -0.2) is 5.43 Å². The van der Waals surface area contributed by atoms with Gasteiger partial charge in [0.15, 0.2) is 0 Å². The number of amides is 1. The molecular formula is C13H14N2OS. The number of carbonyl (C=O) groups is 1. The molecule has 0 bridgehead atoms. The number of hydrogen-bond acceptors (Lipinski definition) is 3. The second-order valence-corrected chi connectivity index (χ2v) is 5.56. The molecule has 1 aliphatic heterocycles. The first-order chi connectivity index (χ1) is 8.34. The van der Waals surface area contributed by atoms with Crippen LogP contribution < -0.4 is 5.43 Å². The van der Waals surface area contributed by atoms with Gasteiger partial charge in [0.05, 0.1) is 5.71 Å². The van der Waals surface area contributed by atoms with Crippen molar-refractivity contribution in [1.82, 2.24) is 5.43 Å². The van der Waals surface area contributed by atoms with Gasteiger partial charge in [0.25, 0.3) is 5.91 Å². The molecule has 1 fully saturated rings. The number of nitrogens with one attached hydrogen (secondary N) is 1. The van der Waals surface area contributed by atoms with E-state index in [1.165, 1.54) is 18.4 Å². The fourth-order valence-corrected chi connectivity index (χ4v) is 3.14. The molecule has 1 N–H and O–H groups in total. The van der Waals surface area contributed by atoms with Crippen molar-refractivity contribution in [3.05, 3.63) is 35.9 Å². The van der Waals surface area contributed by atoms with Gasteiger partial charge in [-0.15, -0.1) is 11.8 Å². The average molecular weight is 246 g/mol. The Morgan fingerprint density at radius 2 is 2.06 bits per heavy atom. The highest BCUT2D eigenvalue weighted by Crippen LogP contribution is 2.36. The molecule has 3 rings (SSSR count). The number of carbonyl (C=O) groups excluding carboxylic acids is 1. The molecule has 1 aromatic carbocycles. The fourth-order valence-electron chi connectivity index (χ4n) is 1.97. The lowest BCUT2D eigenvalue weighted by molar-refractivity contribution is -0.118. The van der Waals surface area contributed by atoms with Crippen molar-refractivity contribution in [2.45, 2.75) is 23.8 Å². The second kappa shape index (κ2) is 4.53. The van der Waals surface area contributed by atoms with Gasteiger partial charge in [-0.3, -0.25) is 4.79 Å². The highest BCUT2D eigenvalue weighted by molar-refractivity contribution is 8.00. The van der Waals surface area contributed by atoms with E-state index in [0.29, 0.717) is 5.92 Å². The van der Waals surface area contributed by atoms with E-state index in [1.54, 1.807) is 11.8 Å². The lowest BCUT2D eigenvalue weighted by Crippen LogP contribution is -2.26. The van der Waals surface area contributed by atoms with E-state index in [2.05, 4.69) is 22.7 Å². The van der Waals surface area contributed by atoms with Crippen molar-refractivity contribution in [1.29, 1.82) is 0 Å². The van der Waals surface area contributed by atoms with Crippen LogP contribution >= 0.6 is 11.8 Å². The molecule has 4 heteroatoms. The van der Waals surface area contributed by atoms with Gasteiger partial charge >= 0.3 is 0 Å². The van der Waals surface area contributed by atoms with Gasteiger partial charge < -0.3 is 0 Å². The summed E-state index contributed by atoms with van der Waals surface area (Å²) >= 11 is 1.68. The number of nitrogens with zero attached hydrogens (tertiary/aromatic N) is 1. The first-order valence-electron chi connectivity index (χ1n) is 5.87. The smallest absolute Gasteiger partial charge is 0.259 e. The number of hydrogen-bond donors (Lipinski definition) is 1. The summed E-state index contributed by atoms with van der Waals surface area (Å²) in [6.45, 7) is 0. The van der Waals surface area contributed by atoms with E-state index in [4.69, 9.17) is 0 Å². The molecule has 0 saturated heterocycles. The number of benzene rings is 1. The van der Waals surface area contributed by atoms with Gasteiger partial charge in [0.1, 0.15) is 5.25 Å². The quantitative estimate of drug-likeness (QED) is 0.884. The van der Waals surface area contributed by atoms with Gasteiger partial charge in [-0.2, -0.15) is 5.10 Å². The van der Waals surface area contributed by atoms with Crippen LogP contribution in [0, 0.1) is 5.92 Å². The molecule has 1 aromatic rings. The Morgan fingerprint density at radius 3 is 2.76 bits per heavy atom. The van der Waals surface area contributed by atoms with Crippen LogP contribution in [-0.2, 0) is 10.5 Å². The van der Waals surface area contributed by atoms with Crippen LogP contribution in [0.5, 0.6) is 0 Å². The van der Waals surface area contributed by atoms with Crippen LogP contribution in [0.25, 0.3) is 0 Å². The summed E-state index contributed by atoms with van der Waals surface area (Å²) in [4.78, 5) is 11.7. The van der Waals surface area contributed by atoms with Crippen LogP contribution in [0.3, 0.4) is 0 Å². The van der Waals surface area contributed by atoms with Gasteiger partial charge in [-0.05, 0) is 18.4 Å². The Balaban J connectivity index is 1.64. The van der Waals surface area contributed by atoms with Gasteiger partial charge in [-0.1, -0.05) is 30.3 Å². The molecule has 3 nitrogen and oxygen atoms in total. The molecule has 1 atom stereocenters. The Hall–Kier alpha value is -1.29. The number of thioether (sulfide) groups is 1. The topological polar surface area (TPSA) is 41.5 Å². The molecule has 17 heavy (non-hydrogen) atoms. The molecule has 1 heterocycles. The van der Waals surface area contributed by atoms with Crippen molar-refractivity contribution >= 4 is 23.4 Å². The molecular weight excluding hydrogens is 232 g/mol. The predicted molar refractivity (Wildman–Crippen MR) is 69.8 cm³/mol. The Morgan fingerprint density at radius 1 is 1.29 bits per heavy atom. The van der Waals surface area contributed by atoms with Crippen molar-refractivity contribution in [3.8, 4) is 0 Å². The highest BCUT2D eigenvalue weighted by atomic mass is 32.2. The van der Waals surface area contributed by atoms with Crippen molar-refractivity contribution in [2.75, 3.05) is 0 Å². The first-order valence-corrected chi connectivity index (χ1v) is 6.92. The number of hydrazone groups is 1. The monoisotopic (exact) mass is 246 g/mol. The largest absolute Gasteiger partial charge is 0.271 e. The first kappa shape index (κ1) is 10.8. The Bertz CT molecular complexity index is 454. The van der Waals surface area contributed by atoms with Crippen LogP contribution in [-0.4, -0.2) is 16.9 Å². The predicted octanol–water partition coefficient (Wildman–Crippen LogP) is 2.18. The molecule has 1 saturated carbocycles. The molecule has 1 amide bonds. The molecule has 0 spiro atoms. The zero-order chi connectivity index (χ0) is 11.7. The summed E-state index contributed by atoms with van der Waals surface area (Å²) < 4.78 is 0. The Kier molecular flexibility index (Phi) is 2.89. The van der Waals surface area contributed by atoms with Crippen molar-refractivity contribution in [2.24, 2.45) is 11.0 Å². The maximum atomic E-state index is 11.7. The maximum absolute atomic E-state index is 11.7. The zero-order valence-corrected chi connectivity index (χ0v) is 10.2. The minimum absolute atomic E-state index is 0.0489. The SMILES string of the molecule is O=C1NN=C(C2CC2)C1SCc1ccccc1. The summed E-state index contributed by atoms with van der Waals surface area (Å²) in [5, 5.41) is 4.10. The molecule has 2 aliphatic rings. The third-order valence-electron chi connectivity index (χ3n) is 3.06. The third-order valence-corrected chi connectivity index (χ3v) is 4.35. The molecule has 88 valence electrons. The van der Waals surface area contributed by atoms with E-state index in [-0.39, 0.29) is 11.2 Å². The molecule has 0 aromatic heterocycles. The van der Waals surface area contributed by atoms with Crippen LogP contribution in [0.1, 0.15) is 18.4 Å². The van der Waals surface area contributed by atoms with Crippen molar-refractivity contribution < 1.29 is 4.79 Å². The lowest BCUT2D eigenvalue weighted by Gasteiger charge is -2.09. The zero-order valence-electron chi connectivity index (χ0n) is 9.43. The average Bonchev–Trinajstić information content (AvgIpc) is 3.13. The van der Waals surface area contributed by atoms with Crippen molar-refractivity contribution in [3.63, 3.8) is 0 Å².